The van der Waals surface area contributed by atoms with Crippen molar-refractivity contribution in [2.24, 2.45) is 0 Å². The van der Waals surface area contributed by atoms with Crippen LogP contribution < -0.4 is 5.56 Å². The van der Waals surface area contributed by atoms with Gasteiger partial charge in [0, 0.05) is 12.3 Å². The predicted octanol–water partition coefficient (Wildman–Crippen LogP) is 1.69. The molecular weight excluding hydrogens is 216 g/mol. The fourth-order valence-electron chi connectivity index (χ4n) is 1.87. The number of hydrogen-bond acceptors (Lipinski definition) is 3. The van der Waals surface area contributed by atoms with E-state index in [4.69, 9.17) is 0 Å². The van der Waals surface area contributed by atoms with Gasteiger partial charge in [0.1, 0.15) is 0 Å². The Balaban J connectivity index is 2.50. The summed E-state index contributed by atoms with van der Waals surface area (Å²) in [5.41, 5.74) is 2.03. The van der Waals surface area contributed by atoms with Gasteiger partial charge in [-0.3, -0.25) is 9.89 Å². The van der Waals surface area contributed by atoms with E-state index in [2.05, 4.69) is 15.1 Å². The lowest BCUT2D eigenvalue weighted by molar-refractivity contribution is 0.799. The number of H-pyrrole nitrogens is 1. The number of pyridine rings is 1. The normalized spacial score (nSPS) is 11.7. The van der Waals surface area contributed by atoms with E-state index in [1.54, 1.807) is 12.3 Å². The minimum absolute atomic E-state index is 0.100. The molecule has 5 nitrogen and oxygen atoms in total. The summed E-state index contributed by atoms with van der Waals surface area (Å²) in [5.74, 6) is 0.231. The highest BCUT2D eigenvalue weighted by molar-refractivity contribution is 5.89. The van der Waals surface area contributed by atoms with Crippen LogP contribution in [0.4, 0.5) is 0 Å². The van der Waals surface area contributed by atoms with Gasteiger partial charge in [-0.15, -0.1) is 0 Å². The SMILES string of the molecule is CC(C)c1cc(=O)n2[nH]c3ncccc3c2n1. The van der Waals surface area contributed by atoms with Crippen molar-refractivity contribution >= 4 is 16.7 Å². The zero-order valence-corrected chi connectivity index (χ0v) is 9.64. The van der Waals surface area contributed by atoms with Crippen LogP contribution in [0.5, 0.6) is 0 Å². The molecule has 0 radical (unpaired) electrons. The van der Waals surface area contributed by atoms with E-state index < -0.39 is 0 Å². The third-order valence-corrected chi connectivity index (χ3v) is 2.80. The monoisotopic (exact) mass is 228 g/mol. The molecule has 0 amide bonds. The van der Waals surface area contributed by atoms with E-state index in [-0.39, 0.29) is 11.5 Å². The first kappa shape index (κ1) is 10.0. The third-order valence-electron chi connectivity index (χ3n) is 2.80. The summed E-state index contributed by atoms with van der Waals surface area (Å²) in [7, 11) is 0. The molecule has 0 saturated carbocycles. The predicted molar refractivity (Wildman–Crippen MR) is 65.2 cm³/mol. The van der Waals surface area contributed by atoms with Crippen LogP contribution in [-0.2, 0) is 0 Å². The maximum absolute atomic E-state index is 11.9. The molecular formula is C12H12N4O. The summed E-state index contributed by atoms with van der Waals surface area (Å²) in [6.07, 6.45) is 1.69. The summed E-state index contributed by atoms with van der Waals surface area (Å²) in [5, 5.41) is 3.81. The number of aromatic amines is 1. The van der Waals surface area contributed by atoms with E-state index >= 15 is 0 Å². The van der Waals surface area contributed by atoms with Crippen molar-refractivity contribution in [3.05, 3.63) is 40.4 Å². The van der Waals surface area contributed by atoms with Crippen molar-refractivity contribution in [1.82, 2.24) is 19.6 Å². The van der Waals surface area contributed by atoms with Gasteiger partial charge in [0.25, 0.3) is 5.56 Å². The molecule has 0 fully saturated rings. The van der Waals surface area contributed by atoms with Gasteiger partial charge in [0.05, 0.1) is 11.1 Å². The van der Waals surface area contributed by atoms with Crippen molar-refractivity contribution in [1.29, 1.82) is 0 Å². The molecule has 0 unspecified atom stereocenters. The maximum atomic E-state index is 11.9. The fourth-order valence-corrected chi connectivity index (χ4v) is 1.87. The van der Waals surface area contributed by atoms with Crippen molar-refractivity contribution in [3.8, 4) is 0 Å². The molecule has 86 valence electrons. The van der Waals surface area contributed by atoms with Gasteiger partial charge in [0.15, 0.2) is 11.3 Å². The number of nitrogens with one attached hydrogen (secondary N) is 1. The van der Waals surface area contributed by atoms with Crippen LogP contribution in [0.2, 0.25) is 0 Å². The standard InChI is InChI=1S/C12H12N4O/c1-7(2)9-6-10(17)16-12(14-9)8-4-3-5-13-11(8)15-16/h3-7H,1-2H3,(H,13,15). The molecule has 0 aliphatic carbocycles. The van der Waals surface area contributed by atoms with Gasteiger partial charge in [0.2, 0.25) is 0 Å². The first-order chi connectivity index (χ1) is 8.16. The second kappa shape index (κ2) is 3.41. The molecule has 0 atom stereocenters. The molecule has 0 aliphatic heterocycles. The van der Waals surface area contributed by atoms with Gasteiger partial charge in [-0.2, -0.15) is 4.52 Å². The van der Waals surface area contributed by atoms with Crippen LogP contribution in [0.1, 0.15) is 25.5 Å². The molecule has 1 N–H and O–H groups in total. The lowest BCUT2D eigenvalue weighted by Crippen LogP contribution is -2.15. The maximum Gasteiger partial charge on any atom is 0.272 e. The molecule has 3 heterocycles. The van der Waals surface area contributed by atoms with E-state index in [0.29, 0.717) is 11.3 Å². The summed E-state index contributed by atoms with van der Waals surface area (Å²) >= 11 is 0. The van der Waals surface area contributed by atoms with Crippen LogP contribution in [0.25, 0.3) is 16.7 Å². The number of rotatable bonds is 1. The third kappa shape index (κ3) is 1.43. The smallest absolute Gasteiger partial charge is 0.272 e. The zero-order valence-electron chi connectivity index (χ0n) is 9.64. The molecule has 0 bridgehead atoms. The highest BCUT2D eigenvalue weighted by atomic mass is 16.1. The largest absolute Gasteiger partial charge is 0.272 e. The van der Waals surface area contributed by atoms with Crippen LogP contribution in [0.3, 0.4) is 0 Å². The molecule has 0 aliphatic rings. The Morgan fingerprint density at radius 1 is 1.41 bits per heavy atom. The molecule has 0 aromatic carbocycles. The fraction of sp³-hybridized carbons (Fsp3) is 0.250. The average molecular weight is 228 g/mol. The molecule has 3 aromatic heterocycles. The highest BCUT2D eigenvalue weighted by Crippen LogP contribution is 2.16. The summed E-state index contributed by atoms with van der Waals surface area (Å²) in [6, 6.07) is 5.31. The Bertz CT molecular complexity index is 754. The van der Waals surface area contributed by atoms with Gasteiger partial charge in [-0.25, -0.2) is 9.97 Å². The van der Waals surface area contributed by atoms with E-state index in [1.807, 2.05) is 26.0 Å². The topological polar surface area (TPSA) is 63.0 Å². The second-order valence-electron chi connectivity index (χ2n) is 4.34. The number of aromatic nitrogens is 4. The number of fused-ring (bicyclic) bond motifs is 3. The minimum atomic E-state index is -0.100. The Hall–Kier alpha value is -2.17. The van der Waals surface area contributed by atoms with Crippen LogP contribution >= 0.6 is 0 Å². The van der Waals surface area contributed by atoms with Crippen molar-refractivity contribution in [3.63, 3.8) is 0 Å². The van der Waals surface area contributed by atoms with Gasteiger partial charge >= 0.3 is 0 Å². The molecule has 0 saturated heterocycles. The Morgan fingerprint density at radius 2 is 2.24 bits per heavy atom. The van der Waals surface area contributed by atoms with Crippen LogP contribution in [-0.4, -0.2) is 19.6 Å². The van der Waals surface area contributed by atoms with E-state index in [1.165, 1.54) is 4.52 Å². The zero-order chi connectivity index (χ0) is 12.0. The van der Waals surface area contributed by atoms with Crippen LogP contribution in [0.15, 0.2) is 29.2 Å². The molecule has 3 aromatic rings. The lowest BCUT2D eigenvalue weighted by atomic mass is 10.1. The van der Waals surface area contributed by atoms with E-state index in [9.17, 15) is 4.79 Å². The molecule has 5 heteroatoms. The molecule has 3 rings (SSSR count). The van der Waals surface area contributed by atoms with Crippen molar-refractivity contribution in [2.75, 3.05) is 0 Å². The average Bonchev–Trinajstić information content (AvgIpc) is 2.68. The summed E-state index contributed by atoms with van der Waals surface area (Å²) in [4.78, 5) is 20.6. The second-order valence-corrected chi connectivity index (χ2v) is 4.34. The summed E-state index contributed by atoms with van der Waals surface area (Å²) < 4.78 is 1.43. The van der Waals surface area contributed by atoms with Gasteiger partial charge in [-0.05, 0) is 18.1 Å². The quantitative estimate of drug-likeness (QED) is 0.689. The number of hydrogen-bond donors (Lipinski definition) is 1. The first-order valence-corrected chi connectivity index (χ1v) is 5.53. The first-order valence-electron chi connectivity index (χ1n) is 5.53. The van der Waals surface area contributed by atoms with Gasteiger partial charge < -0.3 is 0 Å². The highest BCUT2D eigenvalue weighted by Gasteiger charge is 2.10. The van der Waals surface area contributed by atoms with E-state index in [0.717, 1.165) is 11.1 Å². The van der Waals surface area contributed by atoms with Crippen molar-refractivity contribution in [2.45, 2.75) is 19.8 Å². The molecule has 0 spiro atoms. The lowest BCUT2D eigenvalue weighted by Gasteiger charge is -2.03. The Labute approximate surface area is 97.1 Å². The number of nitrogens with zero attached hydrogens (tertiary/aromatic N) is 3. The van der Waals surface area contributed by atoms with Crippen molar-refractivity contribution < 1.29 is 0 Å². The minimum Gasteiger partial charge on any atom is -0.272 e. The Morgan fingerprint density at radius 3 is 3.00 bits per heavy atom. The van der Waals surface area contributed by atoms with Crippen LogP contribution in [0, 0.1) is 0 Å². The summed E-state index contributed by atoms with van der Waals surface area (Å²) in [6.45, 7) is 4.04. The van der Waals surface area contributed by atoms with Gasteiger partial charge in [-0.1, -0.05) is 13.8 Å². The molecule has 17 heavy (non-hydrogen) atoms. The Kier molecular flexibility index (Phi) is 2.01.